The van der Waals surface area contributed by atoms with Crippen LogP contribution in [-0.4, -0.2) is 41.9 Å². The summed E-state index contributed by atoms with van der Waals surface area (Å²) < 4.78 is 5.71. The van der Waals surface area contributed by atoms with Crippen LogP contribution in [0.5, 0.6) is 5.75 Å². The Labute approximate surface area is 138 Å². The van der Waals surface area contributed by atoms with Crippen LogP contribution < -0.4 is 10.1 Å². The first kappa shape index (κ1) is 17.3. The molecule has 1 N–H and O–H groups in total. The molecule has 2 amide bonds. The van der Waals surface area contributed by atoms with Crippen molar-refractivity contribution in [2.45, 2.75) is 51.7 Å². The molecule has 1 aliphatic heterocycles. The van der Waals surface area contributed by atoms with Crippen LogP contribution in [0.3, 0.4) is 0 Å². The van der Waals surface area contributed by atoms with Gasteiger partial charge in [-0.1, -0.05) is 25.1 Å². The number of nitrogens with zero attached hydrogens (tertiary/aromatic N) is 1. The SMILES string of the molecule is CCCC(=O)N[C@H]1CCCN(C(=O)[C@@H](C)Oc2ccccc2)C1. The van der Waals surface area contributed by atoms with E-state index in [4.69, 9.17) is 4.74 Å². The van der Waals surface area contributed by atoms with Crippen molar-refractivity contribution < 1.29 is 14.3 Å². The number of likely N-dealkylation sites (tertiary alicyclic amines) is 1. The Hall–Kier alpha value is -2.04. The Morgan fingerprint density at radius 3 is 2.78 bits per heavy atom. The highest BCUT2D eigenvalue weighted by molar-refractivity contribution is 5.81. The van der Waals surface area contributed by atoms with Crippen LogP contribution in [0, 0.1) is 0 Å². The van der Waals surface area contributed by atoms with Crippen LogP contribution in [0.4, 0.5) is 0 Å². The first-order chi connectivity index (χ1) is 11.1. The molecule has 5 nitrogen and oxygen atoms in total. The van der Waals surface area contributed by atoms with Gasteiger partial charge in [-0.3, -0.25) is 9.59 Å². The van der Waals surface area contributed by atoms with Gasteiger partial charge < -0.3 is 15.0 Å². The summed E-state index contributed by atoms with van der Waals surface area (Å²) in [6.45, 7) is 5.05. The first-order valence-electron chi connectivity index (χ1n) is 8.40. The minimum absolute atomic E-state index is 0.0247. The molecule has 23 heavy (non-hydrogen) atoms. The second-order valence-corrected chi connectivity index (χ2v) is 6.01. The van der Waals surface area contributed by atoms with Crippen LogP contribution >= 0.6 is 0 Å². The molecule has 0 aromatic heterocycles. The standard InChI is InChI=1S/C18H26N2O3/c1-3-8-17(21)19-15-9-7-12-20(13-15)18(22)14(2)23-16-10-5-4-6-11-16/h4-6,10-11,14-15H,3,7-9,12-13H2,1-2H3,(H,19,21)/t14-,15+/m1/s1. The number of carbonyl (C=O) groups is 2. The van der Waals surface area contributed by atoms with Gasteiger partial charge in [0.15, 0.2) is 6.10 Å². The molecule has 0 unspecified atom stereocenters. The van der Waals surface area contributed by atoms with E-state index in [9.17, 15) is 9.59 Å². The van der Waals surface area contributed by atoms with Crippen molar-refractivity contribution in [1.82, 2.24) is 10.2 Å². The average Bonchev–Trinajstić information content (AvgIpc) is 2.55. The predicted octanol–water partition coefficient (Wildman–Crippen LogP) is 2.36. The smallest absolute Gasteiger partial charge is 0.263 e. The average molecular weight is 318 g/mol. The molecule has 5 heteroatoms. The Kier molecular flexibility index (Phi) is 6.44. The molecule has 0 spiro atoms. The zero-order chi connectivity index (χ0) is 16.7. The van der Waals surface area contributed by atoms with Crippen LogP contribution in [-0.2, 0) is 9.59 Å². The molecule has 2 atom stereocenters. The third kappa shape index (κ3) is 5.27. The van der Waals surface area contributed by atoms with Gasteiger partial charge in [0.25, 0.3) is 5.91 Å². The van der Waals surface area contributed by atoms with E-state index < -0.39 is 6.10 Å². The summed E-state index contributed by atoms with van der Waals surface area (Å²) in [7, 11) is 0. The number of carbonyl (C=O) groups excluding carboxylic acids is 2. The minimum atomic E-state index is -0.525. The molecule has 0 saturated carbocycles. The lowest BCUT2D eigenvalue weighted by Crippen LogP contribution is -2.52. The molecule has 0 bridgehead atoms. The summed E-state index contributed by atoms with van der Waals surface area (Å²) in [6, 6.07) is 9.41. The molecule has 0 radical (unpaired) electrons. The maximum Gasteiger partial charge on any atom is 0.263 e. The van der Waals surface area contributed by atoms with E-state index in [-0.39, 0.29) is 17.9 Å². The van der Waals surface area contributed by atoms with E-state index >= 15 is 0 Å². The van der Waals surface area contributed by atoms with Crippen molar-refractivity contribution in [3.8, 4) is 5.75 Å². The Morgan fingerprint density at radius 2 is 2.09 bits per heavy atom. The molecular weight excluding hydrogens is 292 g/mol. The minimum Gasteiger partial charge on any atom is -0.481 e. The van der Waals surface area contributed by atoms with Gasteiger partial charge in [-0.05, 0) is 38.3 Å². The first-order valence-corrected chi connectivity index (χ1v) is 8.40. The number of hydrogen-bond acceptors (Lipinski definition) is 3. The molecule has 1 heterocycles. The second kappa shape index (κ2) is 8.56. The van der Waals surface area contributed by atoms with Gasteiger partial charge in [0.05, 0.1) is 0 Å². The highest BCUT2D eigenvalue weighted by atomic mass is 16.5. The molecule has 1 aliphatic rings. The fourth-order valence-electron chi connectivity index (χ4n) is 2.83. The van der Waals surface area contributed by atoms with Crippen LogP contribution in [0.1, 0.15) is 39.5 Å². The Balaban J connectivity index is 1.87. The third-order valence-corrected chi connectivity index (χ3v) is 3.98. The van der Waals surface area contributed by atoms with Gasteiger partial charge >= 0.3 is 0 Å². The summed E-state index contributed by atoms with van der Waals surface area (Å²) in [5.41, 5.74) is 0. The molecule has 1 aromatic carbocycles. The number of benzene rings is 1. The molecular formula is C18H26N2O3. The Bertz CT molecular complexity index is 518. The van der Waals surface area contributed by atoms with Crippen molar-refractivity contribution >= 4 is 11.8 Å². The molecule has 2 rings (SSSR count). The summed E-state index contributed by atoms with van der Waals surface area (Å²) in [6.07, 6.45) is 2.68. The molecule has 1 fully saturated rings. The fraction of sp³-hybridized carbons (Fsp3) is 0.556. The van der Waals surface area contributed by atoms with Crippen molar-refractivity contribution in [2.75, 3.05) is 13.1 Å². The van der Waals surface area contributed by atoms with Crippen molar-refractivity contribution in [1.29, 1.82) is 0 Å². The van der Waals surface area contributed by atoms with Crippen molar-refractivity contribution in [3.63, 3.8) is 0 Å². The lowest BCUT2D eigenvalue weighted by Gasteiger charge is -2.34. The lowest BCUT2D eigenvalue weighted by molar-refractivity contribution is -0.140. The number of amides is 2. The van der Waals surface area contributed by atoms with Gasteiger partial charge in [-0.2, -0.15) is 0 Å². The molecule has 1 aromatic rings. The van der Waals surface area contributed by atoms with E-state index in [2.05, 4.69) is 5.32 Å². The highest BCUT2D eigenvalue weighted by Gasteiger charge is 2.28. The number of ether oxygens (including phenoxy) is 1. The number of piperidine rings is 1. The lowest BCUT2D eigenvalue weighted by atomic mass is 10.0. The maximum absolute atomic E-state index is 12.5. The number of rotatable bonds is 6. The zero-order valence-corrected chi connectivity index (χ0v) is 14.0. The largest absolute Gasteiger partial charge is 0.481 e. The number of hydrogen-bond donors (Lipinski definition) is 1. The van der Waals surface area contributed by atoms with Gasteiger partial charge in [0.1, 0.15) is 5.75 Å². The summed E-state index contributed by atoms with van der Waals surface area (Å²) in [5.74, 6) is 0.738. The number of para-hydroxylation sites is 1. The van der Waals surface area contributed by atoms with Gasteiger partial charge in [0.2, 0.25) is 5.91 Å². The normalized spacial score (nSPS) is 19.0. The number of nitrogens with one attached hydrogen (secondary N) is 1. The highest BCUT2D eigenvalue weighted by Crippen LogP contribution is 2.15. The van der Waals surface area contributed by atoms with E-state index in [0.717, 1.165) is 25.8 Å². The third-order valence-electron chi connectivity index (χ3n) is 3.98. The van der Waals surface area contributed by atoms with Crippen molar-refractivity contribution in [3.05, 3.63) is 30.3 Å². The summed E-state index contributed by atoms with van der Waals surface area (Å²) in [4.78, 5) is 26.1. The van der Waals surface area contributed by atoms with Crippen LogP contribution in [0.15, 0.2) is 30.3 Å². The van der Waals surface area contributed by atoms with E-state index in [1.54, 1.807) is 11.8 Å². The van der Waals surface area contributed by atoms with E-state index in [1.165, 1.54) is 0 Å². The van der Waals surface area contributed by atoms with Crippen LogP contribution in [0.25, 0.3) is 0 Å². The second-order valence-electron chi connectivity index (χ2n) is 6.01. The van der Waals surface area contributed by atoms with Gasteiger partial charge in [-0.15, -0.1) is 0 Å². The molecule has 126 valence electrons. The van der Waals surface area contributed by atoms with Gasteiger partial charge in [0, 0.05) is 25.6 Å². The predicted molar refractivity (Wildman–Crippen MR) is 89.2 cm³/mol. The summed E-state index contributed by atoms with van der Waals surface area (Å²) in [5, 5.41) is 3.02. The van der Waals surface area contributed by atoms with Crippen LogP contribution in [0.2, 0.25) is 0 Å². The van der Waals surface area contributed by atoms with E-state index in [0.29, 0.717) is 18.7 Å². The van der Waals surface area contributed by atoms with Crippen molar-refractivity contribution in [2.24, 2.45) is 0 Å². The summed E-state index contributed by atoms with van der Waals surface area (Å²) >= 11 is 0. The molecule has 1 saturated heterocycles. The topological polar surface area (TPSA) is 58.6 Å². The quantitative estimate of drug-likeness (QED) is 0.876. The van der Waals surface area contributed by atoms with Gasteiger partial charge in [-0.25, -0.2) is 0 Å². The molecule has 0 aliphatic carbocycles. The fourth-order valence-corrected chi connectivity index (χ4v) is 2.83. The van der Waals surface area contributed by atoms with E-state index in [1.807, 2.05) is 37.3 Å². The Morgan fingerprint density at radius 1 is 1.35 bits per heavy atom. The monoisotopic (exact) mass is 318 g/mol. The zero-order valence-electron chi connectivity index (χ0n) is 14.0. The maximum atomic E-state index is 12.5.